The fourth-order valence-electron chi connectivity index (χ4n) is 0.918. The Hall–Kier alpha value is -1.07. The van der Waals surface area contributed by atoms with Gasteiger partial charge in [0, 0.05) is 0 Å². The molecular formula is C9H7NO2S2. The molecule has 0 spiro atoms. The Kier molecular flexibility index (Phi) is 2.69. The molecular weight excluding hydrogens is 218 g/mol. The highest BCUT2D eigenvalue weighted by molar-refractivity contribution is 8.01. The van der Waals surface area contributed by atoms with E-state index >= 15 is 0 Å². The summed E-state index contributed by atoms with van der Waals surface area (Å²) in [5, 5.41) is 0.613. The fraction of sp³-hybridized carbons (Fsp3) is 0.111. The van der Waals surface area contributed by atoms with Gasteiger partial charge in [-0.1, -0.05) is 0 Å². The Labute approximate surface area is 89.2 Å². The molecule has 0 unspecified atom stereocenters. The third-order valence-electron chi connectivity index (χ3n) is 1.50. The van der Waals surface area contributed by atoms with Crippen LogP contribution in [-0.2, 0) is 0 Å². The van der Waals surface area contributed by atoms with Crippen molar-refractivity contribution in [2.24, 2.45) is 0 Å². The first-order valence-electron chi connectivity index (χ1n) is 3.93. The number of rotatable bonds is 3. The quantitative estimate of drug-likeness (QED) is 0.753. The van der Waals surface area contributed by atoms with Crippen LogP contribution in [0, 0.1) is 6.92 Å². The molecule has 2 heterocycles. The minimum absolute atomic E-state index is 0.613. The molecule has 0 saturated carbocycles. The molecule has 0 aliphatic carbocycles. The van der Waals surface area contributed by atoms with E-state index < -0.39 is 0 Å². The average Bonchev–Trinajstić information content (AvgIpc) is 2.76. The molecule has 0 aromatic carbocycles. The maximum atomic E-state index is 10.4. The molecule has 0 saturated heterocycles. The number of aryl methyl sites for hydroxylation is 1. The number of oxazole rings is 1. The lowest BCUT2D eigenvalue weighted by Gasteiger charge is -1.88. The maximum absolute atomic E-state index is 10.4. The van der Waals surface area contributed by atoms with Crippen molar-refractivity contribution in [3.8, 4) is 0 Å². The van der Waals surface area contributed by atoms with Gasteiger partial charge in [-0.2, -0.15) is 0 Å². The minimum Gasteiger partial charge on any atom is -0.439 e. The van der Waals surface area contributed by atoms with Crippen LogP contribution in [0.2, 0.25) is 0 Å². The highest BCUT2D eigenvalue weighted by atomic mass is 32.2. The lowest BCUT2D eigenvalue weighted by Crippen LogP contribution is -1.69. The van der Waals surface area contributed by atoms with Crippen LogP contribution in [0.25, 0.3) is 0 Å². The molecule has 0 N–H and O–H groups in total. The van der Waals surface area contributed by atoms with Gasteiger partial charge >= 0.3 is 0 Å². The zero-order chi connectivity index (χ0) is 9.97. The predicted molar refractivity (Wildman–Crippen MR) is 55.1 cm³/mol. The number of aldehydes is 1. The van der Waals surface area contributed by atoms with Crippen molar-refractivity contribution in [1.29, 1.82) is 0 Å². The van der Waals surface area contributed by atoms with Crippen LogP contribution in [0.4, 0.5) is 0 Å². The number of aromatic nitrogens is 1. The first kappa shape index (κ1) is 9.48. The van der Waals surface area contributed by atoms with E-state index in [1.165, 1.54) is 23.1 Å². The van der Waals surface area contributed by atoms with Gasteiger partial charge in [-0.25, -0.2) is 4.98 Å². The number of carbonyl (C=O) groups is 1. The van der Waals surface area contributed by atoms with Crippen LogP contribution in [0.3, 0.4) is 0 Å². The molecule has 0 radical (unpaired) electrons. The van der Waals surface area contributed by atoms with Gasteiger partial charge in [-0.05, 0) is 30.8 Å². The molecule has 5 heteroatoms. The summed E-state index contributed by atoms with van der Waals surface area (Å²) in [5.74, 6) is 0. The van der Waals surface area contributed by atoms with Crippen LogP contribution in [0.1, 0.15) is 15.4 Å². The molecule has 72 valence electrons. The average molecular weight is 225 g/mol. The van der Waals surface area contributed by atoms with E-state index in [9.17, 15) is 4.79 Å². The van der Waals surface area contributed by atoms with Gasteiger partial charge in [0.05, 0.1) is 14.8 Å². The maximum Gasteiger partial charge on any atom is 0.261 e. The summed E-state index contributed by atoms with van der Waals surface area (Å²) in [6.07, 6.45) is 2.45. The zero-order valence-corrected chi connectivity index (χ0v) is 9.02. The fourth-order valence-corrected chi connectivity index (χ4v) is 2.73. The number of carbonyl (C=O) groups excluding carboxylic acids is 1. The van der Waals surface area contributed by atoms with E-state index in [4.69, 9.17) is 4.42 Å². The van der Waals surface area contributed by atoms with Gasteiger partial charge in [0.25, 0.3) is 5.22 Å². The van der Waals surface area contributed by atoms with Crippen molar-refractivity contribution in [1.82, 2.24) is 4.98 Å². The zero-order valence-electron chi connectivity index (χ0n) is 7.39. The van der Waals surface area contributed by atoms with E-state index in [1.54, 1.807) is 12.3 Å². The summed E-state index contributed by atoms with van der Waals surface area (Å²) >= 11 is 2.86. The smallest absolute Gasteiger partial charge is 0.261 e. The van der Waals surface area contributed by atoms with E-state index in [-0.39, 0.29) is 0 Å². The molecule has 0 aliphatic heterocycles. The van der Waals surface area contributed by atoms with Crippen LogP contribution in [0.5, 0.6) is 0 Å². The summed E-state index contributed by atoms with van der Waals surface area (Å²) in [5.41, 5.74) is 0.861. The molecule has 0 amide bonds. The lowest BCUT2D eigenvalue weighted by molar-refractivity contribution is 0.112. The van der Waals surface area contributed by atoms with Crippen molar-refractivity contribution < 1.29 is 9.21 Å². The van der Waals surface area contributed by atoms with Gasteiger partial charge in [-0.3, -0.25) is 4.79 Å². The van der Waals surface area contributed by atoms with Crippen LogP contribution >= 0.6 is 23.1 Å². The molecule has 0 aliphatic rings. The predicted octanol–water partition coefficient (Wildman–Crippen LogP) is 3.01. The van der Waals surface area contributed by atoms with Crippen molar-refractivity contribution in [3.05, 3.63) is 29.0 Å². The van der Waals surface area contributed by atoms with Crippen molar-refractivity contribution in [3.63, 3.8) is 0 Å². The van der Waals surface area contributed by atoms with Crippen LogP contribution < -0.4 is 0 Å². The molecule has 14 heavy (non-hydrogen) atoms. The van der Waals surface area contributed by atoms with E-state index in [2.05, 4.69) is 4.98 Å². The van der Waals surface area contributed by atoms with Gasteiger partial charge in [-0.15, -0.1) is 11.3 Å². The Morgan fingerprint density at radius 1 is 1.57 bits per heavy atom. The lowest BCUT2D eigenvalue weighted by atomic mass is 10.5. The third-order valence-corrected chi connectivity index (χ3v) is 3.51. The SMILES string of the molecule is Cc1coc(Sc2ccc(C=O)s2)n1. The normalized spacial score (nSPS) is 10.4. The molecule has 0 fully saturated rings. The third kappa shape index (κ3) is 2.05. The second-order valence-electron chi connectivity index (χ2n) is 2.63. The number of thiophene rings is 1. The van der Waals surface area contributed by atoms with Crippen LogP contribution in [-0.4, -0.2) is 11.3 Å². The van der Waals surface area contributed by atoms with E-state index in [0.29, 0.717) is 5.22 Å². The monoisotopic (exact) mass is 225 g/mol. The summed E-state index contributed by atoms with van der Waals surface area (Å²) < 4.78 is 6.19. The number of hydrogen-bond donors (Lipinski definition) is 0. The summed E-state index contributed by atoms with van der Waals surface area (Å²) in [7, 11) is 0. The summed E-state index contributed by atoms with van der Waals surface area (Å²) in [6.45, 7) is 1.87. The number of nitrogens with zero attached hydrogens (tertiary/aromatic N) is 1. The van der Waals surface area contributed by atoms with Crippen molar-refractivity contribution >= 4 is 29.4 Å². The second-order valence-corrected chi connectivity index (χ2v) is 5.00. The largest absolute Gasteiger partial charge is 0.439 e. The Bertz CT molecular complexity index is 447. The van der Waals surface area contributed by atoms with Crippen molar-refractivity contribution in [2.75, 3.05) is 0 Å². The standard InChI is InChI=1S/C9H7NO2S2/c1-6-5-12-9(10-6)14-8-3-2-7(4-11)13-8/h2-5H,1H3. The number of hydrogen-bond acceptors (Lipinski definition) is 5. The molecule has 2 rings (SSSR count). The van der Waals surface area contributed by atoms with E-state index in [0.717, 1.165) is 21.1 Å². The van der Waals surface area contributed by atoms with Gasteiger partial charge in [0.2, 0.25) is 0 Å². The first-order valence-corrected chi connectivity index (χ1v) is 5.56. The van der Waals surface area contributed by atoms with Gasteiger partial charge in [0.15, 0.2) is 6.29 Å². The molecule has 2 aromatic rings. The molecule has 2 aromatic heterocycles. The molecule has 3 nitrogen and oxygen atoms in total. The summed E-state index contributed by atoms with van der Waals surface area (Å²) in [6, 6.07) is 3.67. The van der Waals surface area contributed by atoms with Crippen molar-refractivity contribution in [2.45, 2.75) is 16.4 Å². The first-order chi connectivity index (χ1) is 6.78. The van der Waals surface area contributed by atoms with E-state index in [1.807, 2.05) is 13.0 Å². The Balaban J connectivity index is 2.14. The molecule has 0 bridgehead atoms. The minimum atomic E-state index is 0.613. The van der Waals surface area contributed by atoms with Crippen LogP contribution in [0.15, 0.2) is 32.2 Å². The Morgan fingerprint density at radius 2 is 2.43 bits per heavy atom. The molecule has 0 atom stereocenters. The highest BCUT2D eigenvalue weighted by Gasteiger charge is 2.05. The Morgan fingerprint density at radius 3 is 3.00 bits per heavy atom. The topological polar surface area (TPSA) is 43.1 Å². The van der Waals surface area contributed by atoms with Gasteiger partial charge in [0.1, 0.15) is 6.26 Å². The van der Waals surface area contributed by atoms with Gasteiger partial charge < -0.3 is 4.42 Å². The highest BCUT2D eigenvalue weighted by Crippen LogP contribution is 2.32. The second kappa shape index (κ2) is 3.98. The summed E-state index contributed by atoms with van der Waals surface area (Å²) in [4.78, 5) is 15.3.